The van der Waals surface area contributed by atoms with Gasteiger partial charge in [-0.1, -0.05) is 6.92 Å². The molecule has 1 aliphatic heterocycles. The molecular formula is C15H18N2O7S. The van der Waals surface area contributed by atoms with Gasteiger partial charge in [0.25, 0.3) is 11.6 Å². The van der Waals surface area contributed by atoms with Gasteiger partial charge in [-0.05, 0) is 18.9 Å². The van der Waals surface area contributed by atoms with Crippen molar-refractivity contribution in [2.45, 2.75) is 25.8 Å². The van der Waals surface area contributed by atoms with E-state index in [9.17, 15) is 28.1 Å². The first-order valence-corrected chi connectivity index (χ1v) is 9.51. The van der Waals surface area contributed by atoms with Crippen LogP contribution in [0.15, 0.2) is 18.2 Å². The summed E-state index contributed by atoms with van der Waals surface area (Å²) in [5, 5.41) is 20.1. The van der Waals surface area contributed by atoms with E-state index in [0.717, 1.165) is 18.2 Å². The Balaban J connectivity index is 2.42. The third-order valence-electron chi connectivity index (χ3n) is 4.00. The Morgan fingerprint density at radius 3 is 2.44 bits per heavy atom. The lowest BCUT2D eigenvalue weighted by Gasteiger charge is -2.28. The molecule has 2 rings (SSSR count). The second-order valence-electron chi connectivity index (χ2n) is 5.89. The Kier molecular flexibility index (Phi) is 5.41. The van der Waals surface area contributed by atoms with Crippen molar-refractivity contribution in [3.63, 3.8) is 0 Å². The Labute approximate surface area is 144 Å². The van der Waals surface area contributed by atoms with E-state index >= 15 is 0 Å². The van der Waals surface area contributed by atoms with E-state index in [2.05, 4.69) is 0 Å². The average Bonchev–Trinajstić information content (AvgIpc) is 2.91. The van der Waals surface area contributed by atoms with Gasteiger partial charge >= 0.3 is 5.97 Å². The normalized spacial score (nSPS) is 18.7. The minimum absolute atomic E-state index is 0.0134. The molecular weight excluding hydrogens is 352 g/mol. The van der Waals surface area contributed by atoms with Crippen molar-refractivity contribution in [3.05, 3.63) is 39.4 Å². The van der Waals surface area contributed by atoms with Gasteiger partial charge in [0.15, 0.2) is 9.84 Å². The highest BCUT2D eigenvalue weighted by Gasteiger charge is 2.35. The number of sulfone groups is 1. The molecule has 0 spiro atoms. The van der Waals surface area contributed by atoms with Crippen molar-refractivity contribution in [1.82, 2.24) is 4.90 Å². The van der Waals surface area contributed by atoms with Crippen molar-refractivity contribution in [2.24, 2.45) is 0 Å². The maximum Gasteiger partial charge on any atom is 0.335 e. The first-order valence-electron chi connectivity index (χ1n) is 7.68. The van der Waals surface area contributed by atoms with Gasteiger partial charge < -0.3 is 10.0 Å². The summed E-state index contributed by atoms with van der Waals surface area (Å²) >= 11 is 0. The van der Waals surface area contributed by atoms with Gasteiger partial charge in [0, 0.05) is 30.3 Å². The van der Waals surface area contributed by atoms with E-state index in [4.69, 9.17) is 5.11 Å². The minimum Gasteiger partial charge on any atom is -0.478 e. The van der Waals surface area contributed by atoms with Crippen LogP contribution in [-0.4, -0.2) is 59.3 Å². The topological polar surface area (TPSA) is 135 Å². The number of benzene rings is 1. The van der Waals surface area contributed by atoms with Crippen LogP contribution in [0.1, 0.15) is 40.5 Å². The molecule has 10 heteroatoms. The van der Waals surface area contributed by atoms with Crippen molar-refractivity contribution >= 4 is 27.4 Å². The summed E-state index contributed by atoms with van der Waals surface area (Å²) in [4.78, 5) is 35.6. The molecule has 25 heavy (non-hydrogen) atoms. The fourth-order valence-electron chi connectivity index (χ4n) is 2.84. The summed E-state index contributed by atoms with van der Waals surface area (Å²) in [6.45, 7) is 2.10. The molecule has 1 aliphatic rings. The van der Waals surface area contributed by atoms with Crippen LogP contribution in [0.25, 0.3) is 0 Å². The monoisotopic (exact) mass is 370 g/mol. The first kappa shape index (κ1) is 18.8. The quantitative estimate of drug-likeness (QED) is 0.589. The van der Waals surface area contributed by atoms with Crippen molar-refractivity contribution < 1.29 is 28.0 Å². The maximum absolute atomic E-state index is 12.8. The second-order valence-corrected chi connectivity index (χ2v) is 8.11. The molecule has 0 aliphatic carbocycles. The number of hydrogen-bond donors (Lipinski definition) is 1. The molecule has 0 radical (unpaired) electrons. The molecule has 1 unspecified atom stereocenters. The molecule has 1 aromatic rings. The third kappa shape index (κ3) is 4.32. The lowest BCUT2D eigenvalue weighted by molar-refractivity contribution is -0.384. The number of aromatic carboxylic acids is 1. The SMILES string of the molecule is CCCN(C(=O)c1cc(C(=O)O)cc([N+](=O)[O-])c1)C1CCS(=O)(=O)C1. The summed E-state index contributed by atoms with van der Waals surface area (Å²) in [5.41, 5.74) is -1.00. The highest BCUT2D eigenvalue weighted by molar-refractivity contribution is 7.91. The highest BCUT2D eigenvalue weighted by atomic mass is 32.2. The number of carbonyl (C=O) groups excluding carboxylic acids is 1. The summed E-state index contributed by atoms with van der Waals surface area (Å²) in [6, 6.07) is 2.46. The van der Waals surface area contributed by atoms with Gasteiger partial charge in [0.1, 0.15) is 0 Å². The van der Waals surface area contributed by atoms with Gasteiger partial charge in [-0.2, -0.15) is 0 Å². The molecule has 1 fully saturated rings. The van der Waals surface area contributed by atoms with Crippen molar-refractivity contribution in [3.8, 4) is 0 Å². The van der Waals surface area contributed by atoms with Crippen LogP contribution in [-0.2, 0) is 9.84 Å². The molecule has 1 saturated heterocycles. The number of carboxylic acid groups (broad SMARTS) is 1. The first-order chi connectivity index (χ1) is 11.6. The number of hydrogen-bond acceptors (Lipinski definition) is 6. The van der Waals surface area contributed by atoms with E-state index in [1.54, 1.807) is 0 Å². The Bertz CT molecular complexity index is 787. The minimum atomic E-state index is -3.21. The lowest BCUT2D eigenvalue weighted by atomic mass is 10.1. The van der Waals surface area contributed by atoms with E-state index in [0.29, 0.717) is 12.8 Å². The lowest BCUT2D eigenvalue weighted by Crippen LogP contribution is -2.41. The number of carbonyl (C=O) groups is 2. The zero-order valence-electron chi connectivity index (χ0n) is 13.5. The molecule has 0 aromatic heterocycles. The highest BCUT2D eigenvalue weighted by Crippen LogP contribution is 2.23. The smallest absolute Gasteiger partial charge is 0.335 e. The van der Waals surface area contributed by atoms with E-state index in [1.807, 2.05) is 6.92 Å². The standard InChI is InChI=1S/C15H18N2O7S/c1-2-4-16(12-3-5-25(23,24)9-12)14(18)10-6-11(15(19)20)8-13(7-10)17(21)22/h6-8,12H,2-5,9H2,1H3,(H,19,20). The van der Waals surface area contributed by atoms with Crippen molar-refractivity contribution in [1.29, 1.82) is 0 Å². The average molecular weight is 370 g/mol. The Morgan fingerprint density at radius 2 is 1.96 bits per heavy atom. The fourth-order valence-corrected chi connectivity index (χ4v) is 4.57. The van der Waals surface area contributed by atoms with Crippen LogP contribution in [0.4, 0.5) is 5.69 Å². The molecule has 1 heterocycles. The number of nitro benzene ring substituents is 1. The summed E-state index contributed by atoms with van der Waals surface area (Å²) in [6.07, 6.45) is 0.873. The third-order valence-corrected chi connectivity index (χ3v) is 5.75. The number of rotatable bonds is 6. The predicted octanol–water partition coefficient (Wildman–Crippen LogP) is 1.33. The van der Waals surface area contributed by atoms with Gasteiger partial charge in [-0.25, -0.2) is 13.2 Å². The number of nitro groups is 1. The molecule has 0 bridgehead atoms. The summed E-state index contributed by atoms with van der Waals surface area (Å²) in [5.74, 6) is -2.15. The van der Waals surface area contributed by atoms with E-state index in [-0.39, 0.29) is 29.2 Å². The Hall–Kier alpha value is -2.49. The van der Waals surface area contributed by atoms with Crippen LogP contribution in [0.3, 0.4) is 0 Å². The molecule has 1 aromatic carbocycles. The van der Waals surface area contributed by atoms with Gasteiger partial charge in [0.2, 0.25) is 0 Å². The number of amides is 1. The fraction of sp³-hybridized carbons (Fsp3) is 0.467. The Morgan fingerprint density at radius 1 is 1.32 bits per heavy atom. The van der Waals surface area contributed by atoms with Crippen LogP contribution < -0.4 is 0 Å². The summed E-state index contributed by atoms with van der Waals surface area (Å²) in [7, 11) is -3.21. The molecule has 9 nitrogen and oxygen atoms in total. The molecule has 1 atom stereocenters. The molecule has 1 amide bonds. The number of carboxylic acids is 1. The number of nitrogens with zero attached hydrogens (tertiary/aromatic N) is 2. The predicted molar refractivity (Wildman–Crippen MR) is 88.4 cm³/mol. The van der Waals surface area contributed by atoms with Crippen LogP contribution >= 0.6 is 0 Å². The van der Waals surface area contributed by atoms with E-state index < -0.39 is 38.4 Å². The van der Waals surface area contributed by atoms with Crippen LogP contribution in [0.5, 0.6) is 0 Å². The van der Waals surface area contributed by atoms with Crippen LogP contribution in [0.2, 0.25) is 0 Å². The second kappa shape index (κ2) is 7.18. The van der Waals surface area contributed by atoms with Crippen LogP contribution in [0, 0.1) is 10.1 Å². The molecule has 0 saturated carbocycles. The number of non-ortho nitro benzene ring substituents is 1. The summed E-state index contributed by atoms with van der Waals surface area (Å²) < 4.78 is 23.4. The van der Waals surface area contributed by atoms with E-state index in [1.165, 1.54) is 4.90 Å². The largest absolute Gasteiger partial charge is 0.478 e. The van der Waals surface area contributed by atoms with Crippen molar-refractivity contribution in [2.75, 3.05) is 18.1 Å². The van der Waals surface area contributed by atoms with Gasteiger partial charge in [-0.3, -0.25) is 14.9 Å². The zero-order chi connectivity index (χ0) is 18.8. The molecule has 136 valence electrons. The molecule has 1 N–H and O–H groups in total. The van der Waals surface area contributed by atoms with Gasteiger partial charge in [-0.15, -0.1) is 0 Å². The maximum atomic E-state index is 12.8. The zero-order valence-corrected chi connectivity index (χ0v) is 14.4. The van der Waals surface area contributed by atoms with Gasteiger partial charge in [0.05, 0.1) is 22.0 Å².